The molecule has 0 radical (unpaired) electrons. The third-order valence-electron chi connectivity index (χ3n) is 6.25. The summed E-state index contributed by atoms with van der Waals surface area (Å²) in [6.07, 6.45) is 22.1. The van der Waals surface area contributed by atoms with E-state index in [-0.39, 0.29) is 13.2 Å². The van der Waals surface area contributed by atoms with Crippen molar-refractivity contribution >= 4 is 0 Å². The molecule has 1 rings (SSSR count). The van der Waals surface area contributed by atoms with Crippen molar-refractivity contribution in [2.24, 2.45) is 0 Å². The average molecular weight is 443 g/mol. The standard InChI is InChI=1S/C26H50O5/c1-2-3-4-5-6-7-8-9-10-11-12-13-14-15-16-17-18-19-20-30-24-22-31-23(21-27)25(28)26(24)29/h11-12,23-29H,2-10,13-22H2,1H3/b12-11+/t23-,24+,25-,26-/m1/s1. The molecule has 184 valence electrons. The minimum atomic E-state index is -1.09. The van der Waals surface area contributed by atoms with Gasteiger partial charge in [-0.2, -0.15) is 0 Å². The largest absolute Gasteiger partial charge is 0.394 e. The molecule has 1 fully saturated rings. The van der Waals surface area contributed by atoms with Crippen LogP contribution in [0.15, 0.2) is 12.2 Å². The van der Waals surface area contributed by atoms with E-state index in [2.05, 4.69) is 19.1 Å². The monoisotopic (exact) mass is 442 g/mol. The molecule has 0 aromatic heterocycles. The first-order chi connectivity index (χ1) is 15.2. The fourth-order valence-corrected chi connectivity index (χ4v) is 4.10. The molecule has 5 heteroatoms. The molecule has 0 bridgehead atoms. The Morgan fingerprint density at radius 2 is 1.26 bits per heavy atom. The van der Waals surface area contributed by atoms with Gasteiger partial charge >= 0.3 is 0 Å². The SMILES string of the molecule is CCCCCCCCCC/C=C/CCCCCCCCO[C@H]1CO[C@H](CO)[C@@H](O)[C@@H]1O. The zero-order valence-corrected chi connectivity index (χ0v) is 20.1. The number of aliphatic hydroxyl groups excluding tert-OH is 3. The van der Waals surface area contributed by atoms with E-state index < -0.39 is 24.4 Å². The number of unbranched alkanes of at least 4 members (excludes halogenated alkanes) is 14. The van der Waals surface area contributed by atoms with Crippen molar-refractivity contribution in [3.8, 4) is 0 Å². The molecule has 0 amide bonds. The molecule has 3 N–H and O–H groups in total. The van der Waals surface area contributed by atoms with Crippen molar-refractivity contribution < 1.29 is 24.8 Å². The molecule has 0 spiro atoms. The smallest absolute Gasteiger partial charge is 0.111 e. The van der Waals surface area contributed by atoms with E-state index >= 15 is 0 Å². The van der Waals surface area contributed by atoms with Crippen molar-refractivity contribution in [3.05, 3.63) is 12.2 Å². The molecule has 5 nitrogen and oxygen atoms in total. The third kappa shape index (κ3) is 14.3. The number of aliphatic hydroxyl groups is 3. The lowest BCUT2D eigenvalue weighted by atomic mass is 10.0. The van der Waals surface area contributed by atoms with Crippen molar-refractivity contribution in [1.29, 1.82) is 0 Å². The quantitative estimate of drug-likeness (QED) is 0.176. The first-order valence-corrected chi connectivity index (χ1v) is 13.1. The Morgan fingerprint density at radius 3 is 1.81 bits per heavy atom. The Bertz CT molecular complexity index is 415. The Kier molecular flexibility index (Phi) is 18.6. The van der Waals surface area contributed by atoms with Crippen molar-refractivity contribution in [1.82, 2.24) is 0 Å². The molecule has 1 aliphatic rings. The molecule has 0 unspecified atom stereocenters. The molecular weight excluding hydrogens is 392 g/mol. The van der Waals surface area contributed by atoms with Crippen LogP contribution in [-0.2, 0) is 9.47 Å². The highest BCUT2D eigenvalue weighted by Gasteiger charge is 2.38. The molecule has 1 heterocycles. The van der Waals surface area contributed by atoms with Crippen molar-refractivity contribution in [3.63, 3.8) is 0 Å². The minimum absolute atomic E-state index is 0.218. The van der Waals surface area contributed by atoms with Gasteiger partial charge < -0.3 is 24.8 Å². The summed E-state index contributed by atoms with van der Waals surface area (Å²) in [4.78, 5) is 0. The number of hydrogen-bond donors (Lipinski definition) is 3. The summed E-state index contributed by atoms with van der Waals surface area (Å²) in [5.74, 6) is 0. The van der Waals surface area contributed by atoms with E-state index in [1.54, 1.807) is 0 Å². The van der Waals surface area contributed by atoms with Gasteiger partial charge in [-0.25, -0.2) is 0 Å². The van der Waals surface area contributed by atoms with Gasteiger partial charge in [-0.3, -0.25) is 0 Å². The maximum absolute atomic E-state index is 10.0. The highest BCUT2D eigenvalue weighted by molar-refractivity contribution is 4.87. The second-order valence-corrected chi connectivity index (χ2v) is 9.09. The van der Waals surface area contributed by atoms with Gasteiger partial charge in [0.1, 0.15) is 24.4 Å². The van der Waals surface area contributed by atoms with Gasteiger partial charge in [-0.1, -0.05) is 89.7 Å². The molecule has 0 aromatic carbocycles. The Balaban J connectivity index is 1.81. The maximum atomic E-state index is 10.0. The van der Waals surface area contributed by atoms with Gasteiger partial charge in [0.2, 0.25) is 0 Å². The average Bonchev–Trinajstić information content (AvgIpc) is 2.78. The van der Waals surface area contributed by atoms with E-state index in [9.17, 15) is 10.2 Å². The fraction of sp³-hybridized carbons (Fsp3) is 0.923. The molecule has 0 aliphatic carbocycles. The Morgan fingerprint density at radius 1 is 0.742 bits per heavy atom. The summed E-state index contributed by atoms with van der Waals surface area (Å²) >= 11 is 0. The highest BCUT2D eigenvalue weighted by atomic mass is 16.6. The lowest BCUT2D eigenvalue weighted by Gasteiger charge is -2.36. The van der Waals surface area contributed by atoms with Crippen LogP contribution in [0.2, 0.25) is 0 Å². The van der Waals surface area contributed by atoms with Crippen LogP contribution in [0.25, 0.3) is 0 Å². The zero-order chi connectivity index (χ0) is 22.6. The predicted molar refractivity (Wildman–Crippen MR) is 127 cm³/mol. The van der Waals surface area contributed by atoms with E-state index in [0.29, 0.717) is 6.61 Å². The van der Waals surface area contributed by atoms with Crippen LogP contribution in [0.5, 0.6) is 0 Å². The number of allylic oxidation sites excluding steroid dienone is 2. The lowest BCUT2D eigenvalue weighted by molar-refractivity contribution is -0.208. The van der Waals surface area contributed by atoms with Gasteiger partial charge in [-0.15, -0.1) is 0 Å². The summed E-state index contributed by atoms with van der Waals surface area (Å²) in [5, 5.41) is 28.9. The van der Waals surface area contributed by atoms with E-state index in [1.165, 1.54) is 89.9 Å². The van der Waals surface area contributed by atoms with E-state index in [1.807, 2.05) is 0 Å². The highest BCUT2D eigenvalue weighted by Crippen LogP contribution is 2.18. The predicted octanol–water partition coefficient (Wildman–Crippen LogP) is 5.30. The maximum Gasteiger partial charge on any atom is 0.111 e. The van der Waals surface area contributed by atoms with Gasteiger partial charge in [0, 0.05) is 6.61 Å². The van der Waals surface area contributed by atoms with Gasteiger partial charge in [-0.05, 0) is 32.1 Å². The number of hydrogen-bond acceptors (Lipinski definition) is 5. The fourth-order valence-electron chi connectivity index (χ4n) is 4.10. The summed E-state index contributed by atoms with van der Waals surface area (Å²) in [6.45, 7) is 2.77. The Hall–Kier alpha value is -0.460. The summed E-state index contributed by atoms with van der Waals surface area (Å²) in [7, 11) is 0. The second kappa shape index (κ2) is 20.2. The Labute approximate surface area is 191 Å². The molecule has 0 aromatic rings. The number of ether oxygens (including phenoxy) is 2. The van der Waals surface area contributed by atoms with Gasteiger partial charge in [0.15, 0.2) is 0 Å². The minimum Gasteiger partial charge on any atom is -0.394 e. The molecule has 4 atom stereocenters. The first kappa shape index (κ1) is 28.6. The van der Waals surface area contributed by atoms with Crippen LogP contribution >= 0.6 is 0 Å². The molecule has 1 saturated heterocycles. The summed E-state index contributed by atoms with van der Waals surface area (Å²) in [5.41, 5.74) is 0. The molecular formula is C26H50O5. The lowest BCUT2D eigenvalue weighted by Crippen LogP contribution is -2.55. The molecule has 1 aliphatic heterocycles. The topological polar surface area (TPSA) is 79.2 Å². The van der Waals surface area contributed by atoms with Crippen LogP contribution < -0.4 is 0 Å². The van der Waals surface area contributed by atoms with Crippen LogP contribution in [0, 0.1) is 0 Å². The summed E-state index contributed by atoms with van der Waals surface area (Å²) < 4.78 is 11.0. The van der Waals surface area contributed by atoms with Crippen LogP contribution in [0.4, 0.5) is 0 Å². The van der Waals surface area contributed by atoms with Crippen LogP contribution in [-0.4, -0.2) is 59.6 Å². The van der Waals surface area contributed by atoms with Gasteiger partial charge in [0.05, 0.1) is 13.2 Å². The third-order valence-corrected chi connectivity index (χ3v) is 6.25. The molecule has 31 heavy (non-hydrogen) atoms. The summed E-state index contributed by atoms with van der Waals surface area (Å²) in [6, 6.07) is 0. The number of rotatable bonds is 20. The molecule has 0 saturated carbocycles. The normalized spacial score (nSPS) is 24.3. The van der Waals surface area contributed by atoms with E-state index in [0.717, 1.165) is 12.8 Å². The van der Waals surface area contributed by atoms with Crippen LogP contribution in [0.3, 0.4) is 0 Å². The van der Waals surface area contributed by atoms with E-state index in [4.69, 9.17) is 14.6 Å². The van der Waals surface area contributed by atoms with Gasteiger partial charge in [0.25, 0.3) is 0 Å². The van der Waals surface area contributed by atoms with Crippen molar-refractivity contribution in [2.75, 3.05) is 19.8 Å². The second-order valence-electron chi connectivity index (χ2n) is 9.09. The van der Waals surface area contributed by atoms with Crippen molar-refractivity contribution in [2.45, 2.75) is 134 Å². The first-order valence-electron chi connectivity index (χ1n) is 13.1. The van der Waals surface area contributed by atoms with Crippen LogP contribution in [0.1, 0.15) is 110 Å². The zero-order valence-electron chi connectivity index (χ0n) is 20.1.